The van der Waals surface area contributed by atoms with Crippen molar-refractivity contribution in [2.24, 2.45) is 0 Å². The lowest BCUT2D eigenvalue weighted by Gasteiger charge is -2.22. The van der Waals surface area contributed by atoms with Gasteiger partial charge in [0.15, 0.2) is 0 Å². The monoisotopic (exact) mass is 369 g/mol. The van der Waals surface area contributed by atoms with Crippen LogP contribution in [-0.2, 0) is 20.9 Å². The van der Waals surface area contributed by atoms with Gasteiger partial charge in [-0.3, -0.25) is 4.79 Å². The minimum absolute atomic E-state index is 0.173. The highest BCUT2D eigenvalue weighted by atomic mass is 16.6. The Bertz CT molecular complexity index is 723. The first-order chi connectivity index (χ1) is 12.8. The maximum absolute atomic E-state index is 12.3. The number of alkyl carbamates (subject to hydrolysis) is 1. The van der Waals surface area contributed by atoms with Crippen LogP contribution < -0.4 is 5.32 Å². The van der Waals surface area contributed by atoms with Crippen molar-refractivity contribution >= 4 is 12.1 Å². The molecule has 0 saturated heterocycles. The molecule has 1 N–H and O–H groups in total. The number of hydrogen-bond donors (Lipinski definition) is 1. The van der Waals surface area contributed by atoms with Crippen LogP contribution in [0.1, 0.15) is 44.2 Å². The molecule has 27 heavy (non-hydrogen) atoms. The summed E-state index contributed by atoms with van der Waals surface area (Å²) in [5, 5.41) is 2.75. The first-order valence-electron chi connectivity index (χ1n) is 9.05. The lowest BCUT2D eigenvalue weighted by Crippen LogP contribution is -2.35. The second-order valence-corrected chi connectivity index (χ2v) is 7.34. The fourth-order valence-electron chi connectivity index (χ4n) is 2.55. The Kier molecular flexibility index (Phi) is 7.41. The molecular formula is C22H27NO4. The molecule has 2 aromatic carbocycles. The molecule has 5 heteroatoms. The van der Waals surface area contributed by atoms with Crippen molar-refractivity contribution in [3.63, 3.8) is 0 Å². The Labute approximate surface area is 160 Å². The summed E-state index contributed by atoms with van der Waals surface area (Å²) >= 11 is 0. The molecular weight excluding hydrogens is 342 g/mol. The molecule has 1 atom stereocenters. The molecule has 1 unspecified atom stereocenters. The minimum atomic E-state index is -0.569. The van der Waals surface area contributed by atoms with E-state index in [0.29, 0.717) is 6.54 Å². The number of benzene rings is 2. The summed E-state index contributed by atoms with van der Waals surface area (Å²) in [6, 6.07) is 19.1. The lowest BCUT2D eigenvalue weighted by atomic mass is 9.96. The van der Waals surface area contributed by atoms with E-state index in [0.717, 1.165) is 11.1 Å². The molecule has 0 aromatic heterocycles. The van der Waals surface area contributed by atoms with Crippen LogP contribution in [0.25, 0.3) is 0 Å². The van der Waals surface area contributed by atoms with Crippen molar-refractivity contribution in [3.8, 4) is 0 Å². The molecule has 1 amide bonds. The molecule has 0 aliphatic carbocycles. The van der Waals surface area contributed by atoms with Gasteiger partial charge in [0, 0.05) is 12.5 Å². The fourth-order valence-corrected chi connectivity index (χ4v) is 2.55. The summed E-state index contributed by atoms with van der Waals surface area (Å²) in [6.45, 7) is 5.95. The Morgan fingerprint density at radius 2 is 1.56 bits per heavy atom. The second kappa shape index (κ2) is 9.76. The Morgan fingerprint density at radius 3 is 2.15 bits per heavy atom. The van der Waals surface area contributed by atoms with E-state index >= 15 is 0 Å². The molecule has 144 valence electrons. The van der Waals surface area contributed by atoms with Crippen molar-refractivity contribution in [1.29, 1.82) is 0 Å². The van der Waals surface area contributed by atoms with Gasteiger partial charge in [0.1, 0.15) is 12.2 Å². The van der Waals surface area contributed by atoms with Gasteiger partial charge in [0.05, 0.1) is 6.42 Å². The second-order valence-electron chi connectivity index (χ2n) is 7.34. The summed E-state index contributed by atoms with van der Waals surface area (Å²) in [7, 11) is 0. The van der Waals surface area contributed by atoms with Gasteiger partial charge < -0.3 is 14.8 Å². The van der Waals surface area contributed by atoms with Crippen molar-refractivity contribution in [3.05, 3.63) is 71.8 Å². The highest BCUT2D eigenvalue weighted by Gasteiger charge is 2.21. The first-order valence-corrected chi connectivity index (χ1v) is 9.05. The van der Waals surface area contributed by atoms with Gasteiger partial charge in [-0.2, -0.15) is 0 Å². The number of rotatable bonds is 7. The van der Waals surface area contributed by atoms with Gasteiger partial charge in [0.2, 0.25) is 0 Å². The van der Waals surface area contributed by atoms with Gasteiger partial charge in [-0.25, -0.2) is 4.79 Å². The number of carbonyl (C=O) groups excluding carboxylic acids is 2. The summed E-state index contributed by atoms with van der Waals surface area (Å²) in [4.78, 5) is 24.2. The average Bonchev–Trinajstić information content (AvgIpc) is 2.63. The SMILES string of the molecule is CC(C)(C)OC(=O)NCC(CC(=O)OCc1ccccc1)c1ccccc1. The maximum atomic E-state index is 12.3. The van der Waals surface area contributed by atoms with E-state index in [9.17, 15) is 9.59 Å². The number of nitrogens with one attached hydrogen (secondary N) is 1. The molecule has 0 bridgehead atoms. The zero-order valence-electron chi connectivity index (χ0n) is 16.1. The summed E-state index contributed by atoms with van der Waals surface area (Å²) in [6.07, 6.45) is -0.326. The van der Waals surface area contributed by atoms with Crippen LogP contribution in [0.5, 0.6) is 0 Å². The number of ether oxygens (including phenoxy) is 2. The van der Waals surface area contributed by atoms with E-state index in [1.165, 1.54) is 0 Å². The predicted molar refractivity (Wildman–Crippen MR) is 104 cm³/mol. The highest BCUT2D eigenvalue weighted by molar-refractivity contribution is 5.71. The van der Waals surface area contributed by atoms with Crippen LogP contribution in [0.2, 0.25) is 0 Å². The Balaban J connectivity index is 1.94. The van der Waals surface area contributed by atoms with Gasteiger partial charge in [-0.15, -0.1) is 0 Å². The van der Waals surface area contributed by atoms with Crippen LogP contribution in [-0.4, -0.2) is 24.2 Å². The van der Waals surface area contributed by atoms with E-state index < -0.39 is 11.7 Å². The molecule has 0 heterocycles. The lowest BCUT2D eigenvalue weighted by molar-refractivity contribution is -0.145. The largest absolute Gasteiger partial charge is 0.461 e. The van der Waals surface area contributed by atoms with E-state index in [2.05, 4.69) is 5.32 Å². The van der Waals surface area contributed by atoms with E-state index in [1.54, 1.807) is 0 Å². The van der Waals surface area contributed by atoms with Gasteiger partial charge in [0.25, 0.3) is 0 Å². The zero-order chi connectivity index (χ0) is 19.7. The zero-order valence-corrected chi connectivity index (χ0v) is 16.1. The summed E-state index contributed by atoms with van der Waals surface area (Å²) in [5.41, 5.74) is 1.33. The topological polar surface area (TPSA) is 64.6 Å². The normalized spacial score (nSPS) is 12.1. The van der Waals surface area contributed by atoms with E-state index in [1.807, 2.05) is 81.4 Å². The van der Waals surface area contributed by atoms with Crippen LogP contribution in [0.4, 0.5) is 4.79 Å². The summed E-state index contributed by atoms with van der Waals surface area (Å²) < 4.78 is 10.7. The van der Waals surface area contributed by atoms with Crippen molar-refractivity contribution < 1.29 is 19.1 Å². The van der Waals surface area contributed by atoms with Crippen LogP contribution in [0.15, 0.2) is 60.7 Å². The molecule has 0 spiro atoms. The van der Waals surface area contributed by atoms with Crippen LogP contribution >= 0.6 is 0 Å². The van der Waals surface area contributed by atoms with E-state index in [-0.39, 0.29) is 24.9 Å². The fraction of sp³-hybridized carbons (Fsp3) is 0.364. The summed E-state index contributed by atoms with van der Waals surface area (Å²) in [5.74, 6) is -0.499. The third-order valence-electron chi connectivity index (χ3n) is 3.82. The van der Waals surface area contributed by atoms with Crippen LogP contribution in [0.3, 0.4) is 0 Å². The van der Waals surface area contributed by atoms with Gasteiger partial charge >= 0.3 is 12.1 Å². The van der Waals surface area contributed by atoms with Crippen LogP contribution in [0, 0.1) is 0 Å². The highest BCUT2D eigenvalue weighted by Crippen LogP contribution is 2.20. The Morgan fingerprint density at radius 1 is 0.963 bits per heavy atom. The first kappa shape index (κ1) is 20.5. The number of amides is 1. The molecule has 0 aliphatic heterocycles. The average molecular weight is 369 g/mol. The maximum Gasteiger partial charge on any atom is 0.407 e. The molecule has 0 aliphatic rings. The third-order valence-corrected chi connectivity index (χ3v) is 3.82. The molecule has 0 fully saturated rings. The smallest absolute Gasteiger partial charge is 0.407 e. The quantitative estimate of drug-likeness (QED) is 0.734. The third kappa shape index (κ3) is 7.94. The van der Waals surface area contributed by atoms with Crippen molar-refractivity contribution in [1.82, 2.24) is 5.32 Å². The number of hydrogen-bond acceptors (Lipinski definition) is 4. The standard InChI is InChI=1S/C22H27NO4/c1-22(2,3)27-21(25)23-15-19(18-12-8-5-9-13-18)14-20(24)26-16-17-10-6-4-7-11-17/h4-13,19H,14-16H2,1-3H3,(H,23,25). The number of esters is 1. The van der Waals surface area contributed by atoms with E-state index in [4.69, 9.17) is 9.47 Å². The number of carbonyl (C=O) groups is 2. The Hall–Kier alpha value is -2.82. The van der Waals surface area contributed by atoms with Crippen molar-refractivity contribution in [2.45, 2.75) is 45.3 Å². The molecule has 2 rings (SSSR count). The minimum Gasteiger partial charge on any atom is -0.461 e. The predicted octanol–water partition coefficient (Wildman–Crippen LogP) is 4.43. The van der Waals surface area contributed by atoms with Gasteiger partial charge in [-0.05, 0) is 31.9 Å². The molecule has 0 saturated carbocycles. The van der Waals surface area contributed by atoms with Gasteiger partial charge in [-0.1, -0.05) is 60.7 Å². The molecule has 2 aromatic rings. The molecule has 5 nitrogen and oxygen atoms in total. The van der Waals surface area contributed by atoms with Crippen molar-refractivity contribution in [2.75, 3.05) is 6.54 Å². The molecule has 0 radical (unpaired) electrons.